The maximum atomic E-state index is 12.0. The second-order valence-corrected chi connectivity index (χ2v) is 5.84. The highest BCUT2D eigenvalue weighted by molar-refractivity contribution is 9.10. The van der Waals surface area contributed by atoms with Gasteiger partial charge in [0.05, 0.1) is 17.9 Å². The van der Waals surface area contributed by atoms with E-state index >= 15 is 0 Å². The maximum Gasteiger partial charge on any atom is 0.376 e. The maximum absolute atomic E-state index is 12.0. The summed E-state index contributed by atoms with van der Waals surface area (Å²) in [6.07, 6.45) is 0. The molecule has 112 valence electrons. The van der Waals surface area contributed by atoms with Gasteiger partial charge in [-0.05, 0) is 47.3 Å². The summed E-state index contributed by atoms with van der Waals surface area (Å²) in [5, 5.41) is 0. The number of aromatic nitrogens is 1. The Morgan fingerprint density at radius 2 is 2.14 bits per heavy atom. The van der Waals surface area contributed by atoms with Gasteiger partial charge in [-0.15, -0.1) is 0 Å². The molecule has 0 aliphatic rings. The zero-order chi connectivity index (χ0) is 15.6. The van der Waals surface area contributed by atoms with Crippen molar-refractivity contribution < 1.29 is 13.9 Å². The highest BCUT2D eigenvalue weighted by atomic mass is 79.9. The van der Waals surface area contributed by atoms with Crippen LogP contribution in [0.25, 0.3) is 11.5 Å². The third-order valence-corrected chi connectivity index (χ3v) is 4.14. The lowest BCUT2D eigenvalue weighted by molar-refractivity contribution is 0.0488. The molecule has 0 unspecified atom stereocenters. The zero-order valence-electron chi connectivity index (χ0n) is 12.6. The smallest absolute Gasteiger partial charge is 0.376 e. The average Bonchev–Trinajstić information content (AvgIpc) is 2.87. The van der Waals surface area contributed by atoms with E-state index in [4.69, 9.17) is 9.15 Å². The third kappa shape index (κ3) is 3.18. The highest BCUT2D eigenvalue weighted by Crippen LogP contribution is 2.33. The first-order valence-electron chi connectivity index (χ1n) is 6.89. The SMILES string of the molecule is CCOC(=O)c1oc(-c2cccc(C)c2Br)nc1C(C)C. The minimum Gasteiger partial charge on any atom is -0.460 e. The summed E-state index contributed by atoms with van der Waals surface area (Å²) >= 11 is 3.54. The molecule has 0 bridgehead atoms. The molecule has 21 heavy (non-hydrogen) atoms. The number of hydrogen-bond acceptors (Lipinski definition) is 4. The van der Waals surface area contributed by atoms with Gasteiger partial charge in [0.15, 0.2) is 0 Å². The van der Waals surface area contributed by atoms with Gasteiger partial charge in [-0.1, -0.05) is 26.0 Å². The van der Waals surface area contributed by atoms with Crippen LogP contribution in [0.3, 0.4) is 0 Å². The van der Waals surface area contributed by atoms with Crippen LogP contribution < -0.4 is 0 Å². The third-order valence-electron chi connectivity index (χ3n) is 3.08. The molecular weight excluding hydrogens is 334 g/mol. The summed E-state index contributed by atoms with van der Waals surface area (Å²) < 4.78 is 11.6. The van der Waals surface area contributed by atoms with Gasteiger partial charge in [-0.3, -0.25) is 0 Å². The van der Waals surface area contributed by atoms with Crippen molar-refractivity contribution in [1.82, 2.24) is 4.98 Å². The van der Waals surface area contributed by atoms with Gasteiger partial charge in [-0.25, -0.2) is 9.78 Å². The monoisotopic (exact) mass is 351 g/mol. The Bertz CT molecular complexity index is 662. The highest BCUT2D eigenvalue weighted by Gasteiger charge is 2.24. The number of carbonyl (C=O) groups is 1. The average molecular weight is 352 g/mol. The van der Waals surface area contributed by atoms with Crippen LogP contribution >= 0.6 is 15.9 Å². The number of hydrogen-bond donors (Lipinski definition) is 0. The lowest BCUT2D eigenvalue weighted by atomic mass is 10.1. The van der Waals surface area contributed by atoms with Crippen molar-refractivity contribution in [3.8, 4) is 11.5 Å². The predicted octanol–water partition coefficient (Wildman–Crippen LogP) is 4.71. The van der Waals surface area contributed by atoms with Crippen LogP contribution in [0.4, 0.5) is 0 Å². The van der Waals surface area contributed by atoms with E-state index in [1.165, 1.54) is 0 Å². The van der Waals surface area contributed by atoms with E-state index in [9.17, 15) is 4.79 Å². The molecule has 2 aromatic rings. The summed E-state index contributed by atoms with van der Waals surface area (Å²) in [7, 11) is 0. The Kier molecular flexibility index (Phi) is 4.83. The lowest BCUT2D eigenvalue weighted by Crippen LogP contribution is -2.07. The minimum absolute atomic E-state index is 0.0745. The Morgan fingerprint density at radius 1 is 1.43 bits per heavy atom. The van der Waals surface area contributed by atoms with Gasteiger partial charge in [0.25, 0.3) is 0 Å². The molecule has 5 heteroatoms. The standard InChI is InChI=1S/C16H18BrNO3/c1-5-20-16(19)14-13(9(2)3)18-15(21-14)11-8-6-7-10(4)12(11)17/h6-9H,5H2,1-4H3. The van der Waals surface area contributed by atoms with Gasteiger partial charge >= 0.3 is 5.97 Å². The fraction of sp³-hybridized carbons (Fsp3) is 0.375. The van der Waals surface area contributed by atoms with E-state index in [0.29, 0.717) is 18.2 Å². The van der Waals surface area contributed by atoms with Crippen LogP contribution in [-0.2, 0) is 4.74 Å². The first-order valence-corrected chi connectivity index (χ1v) is 7.68. The van der Waals surface area contributed by atoms with E-state index in [1.807, 2.05) is 39.0 Å². The molecule has 0 radical (unpaired) electrons. The molecule has 0 spiro atoms. The van der Waals surface area contributed by atoms with Crippen molar-refractivity contribution in [3.05, 3.63) is 39.7 Å². The number of esters is 1. The molecule has 1 heterocycles. The van der Waals surface area contributed by atoms with Crippen LogP contribution in [0, 0.1) is 6.92 Å². The van der Waals surface area contributed by atoms with Gasteiger partial charge in [0.2, 0.25) is 11.7 Å². The summed E-state index contributed by atoms with van der Waals surface area (Å²) in [6, 6.07) is 5.83. The van der Waals surface area contributed by atoms with Crippen molar-refractivity contribution >= 4 is 21.9 Å². The van der Waals surface area contributed by atoms with E-state index in [2.05, 4.69) is 20.9 Å². The van der Waals surface area contributed by atoms with Crippen molar-refractivity contribution in [3.63, 3.8) is 0 Å². The fourth-order valence-electron chi connectivity index (χ4n) is 1.99. The quantitative estimate of drug-likeness (QED) is 0.748. The zero-order valence-corrected chi connectivity index (χ0v) is 14.2. The summed E-state index contributed by atoms with van der Waals surface area (Å²) in [6.45, 7) is 8.00. The van der Waals surface area contributed by atoms with Crippen LogP contribution in [-0.4, -0.2) is 17.6 Å². The molecule has 0 atom stereocenters. The molecule has 4 nitrogen and oxygen atoms in total. The van der Waals surface area contributed by atoms with Crippen molar-refractivity contribution in [2.75, 3.05) is 6.61 Å². The number of rotatable bonds is 4. The van der Waals surface area contributed by atoms with Gasteiger partial charge in [-0.2, -0.15) is 0 Å². The van der Waals surface area contributed by atoms with Crippen LogP contribution in [0.5, 0.6) is 0 Å². The topological polar surface area (TPSA) is 52.3 Å². The summed E-state index contributed by atoms with van der Waals surface area (Å²) in [5.74, 6) is 0.224. The molecule has 0 aliphatic heterocycles. The molecule has 0 saturated heterocycles. The van der Waals surface area contributed by atoms with Crippen LogP contribution in [0.15, 0.2) is 27.1 Å². The van der Waals surface area contributed by atoms with Crippen LogP contribution in [0.1, 0.15) is 48.5 Å². The molecule has 0 fully saturated rings. The van der Waals surface area contributed by atoms with Crippen LogP contribution in [0.2, 0.25) is 0 Å². The molecule has 0 aliphatic carbocycles. The van der Waals surface area contributed by atoms with Gasteiger partial charge in [0.1, 0.15) is 0 Å². The molecule has 0 saturated carbocycles. The first kappa shape index (κ1) is 15.8. The Hall–Kier alpha value is -1.62. The van der Waals surface area contributed by atoms with Crippen molar-refractivity contribution in [1.29, 1.82) is 0 Å². The van der Waals surface area contributed by atoms with E-state index in [-0.39, 0.29) is 11.7 Å². The number of benzene rings is 1. The summed E-state index contributed by atoms with van der Waals surface area (Å²) in [4.78, 5) is 16.5. The first-order chi connectivity index (χ1) is 9.95. The molecule has 0 amide bonds. The second kappa shape index (κ2) is 6.43. The van der Waals surface area contributed by atoms with E-state index in [1.54, 1.807) is 6.92 Å². The van der Waals surface area contributed by atoms with Gasteiger partial charge < -0.3 is 9.15 Å². The number of oxazole rings is 1. The number of nitrogens with zero attached hydrogens (tertiary/aromatic N) is 1. The second-order valence-electron chi connectivity index (χ2n) is 5.05. The molecular formula is C16H18BrNO3. The minimum atomic E-state index is -0.469. The number of carbonyl (C=O) groups excluding carboxylic acids is 1. The summed E-state index contributed by atoms with van der Waals surface area (Å²) in [5.41, 5.74) is 2.53. The predicted molar refractivity (Wildman–Crippen MR) is 84.4 cm³/mol. The Morgan fingerprint density at radius 3 is 2.76 bits per heavy atom. The normalized spacial score (nSPS) is 11.0. The molecule has 2 rings (SSSR count). The van der Waals surface area contributed by atoms with E-state index in [0.717, 1.165) is 15.6 Å². The Labute approximate surface area is 132 Å². The Balaban J connectivity index is 2.54. The lowest BCUT2D eigenvalue weighted by Gasteiger charge is -2.02. The number of ether oxygens (including phenoxy) is 1. The fourth-order valence-corrected chi connectivity index (χ4v) is 2.43. The van der Waals surface area contributed by atoms with E-state index < -0.39 is 5.97 Å². The number of halogens is 1. The molecule has 1 aromatic heterocycles. The van der Waals surface area contributed by atoms with Gasteiger partial charge in [0, 0.05) is 4.47 Å². The van der Waals surface area contributed by atoms with Crippen molar-refractivity contribution in [2.45, 2.75) is 33.6 Å². The van der Waals surface area contributed by atoms with Crippen molar-refractivity contribution in [2.24, 2.45) is 0 Å². The molecule has 1 aromatic carbocycles. The molecule has 0 N–H and O–H groups in total. The largest absolute Gasteiger partial charge is 0.460 e. The number of aryl methyl sites for hydroxylation is 1.